The number of carbonyl (C=O) groups is 1. The highest BCUT2D eigenvalue weighted by Gasteiger charge is 2.27. The van der Waals surface area contributed by atoms with E-state index >= 15 is 0 Å². The lowest BCUT2D eigenvalue weighted by Crippen LogP contribution is -2.41. The molecule has 1 aliphatic heterocycles. The van der Waals surface area contributed by atoms with Gasteiger partial charge in [0.2, 0.25) is 0 Å². The van der Waals surface area contributed by atoms with E-state index < -0.39 is 0 Å². The van der Waals surface area contributed by atoms with Crippen molar-refractivity contribution >= 4 is 17.2 Å². The first-order valence-corrected chi connectivity index (χ1v) is 10.5. The molecule has 1 fully saturated rings. The predicted octanol–water partition coefficient (Wildman–Crippen LogP) is 4.58. The van der Waals surface area contributed by atoms with Gasteiger partial charge in [-0.15, -0.1) is 11.3 Å². The number of amides is 1. The Labute approximate surface area is 173 Å². The lowest BCUT2D eigenvalue weighted by Gasteiger charge is -2.32. The molecule has 0 radical (unpaired) electrons. The molecule has 150 valence electrons. The normalized spacial score (nSPS) is 16.6. The van der Waals surface area contributed by atoms with Crippen LogP contribution in [-0.4, -0.2) is 40.5 Å². The van der Waals surface area contributed by atoms with E-state index in [-0.39, 0.29) is 17.6 Å². The van der Waals surface area contributed by atoms with Gasteiger partial charge in [-0.1, -0.05) is 0 Å². The number of hydrogen-bond donors (Lipinski definition) is 0. The fraction of sp³-hybridized carbons (Fsp3) is 0.318. The summed E-state index contributed by atoms with van der Waals surface area (Å²) in [6.07, 6.45) is 5.43. The van der Waals surface area contributed by atoms with E-state index in [0.717, 1.165) is 35.7 Å². The molecule has 0 bridgehead atoms. The van der Waals surface area contributed by atoms with E-state index in [1.807, 2.05) is 24.0 Å². The van der Waals surface area contributed by atoms with Crippen molar-refractivity contribution in [1.82, 2.24) is 14.9 Å². The molecule has 0 unspecified atom stereocenters. The van der Waals surface area contributed by atoms with Gasteiger partial charge in [-0.3, -0.25) is 9.78 Å². The van der Waals surface area contributed by atoms with Crippen LogP contribution in [0.2, 0.25) is 0 Å². The second-order valence-corrected chi connectivity index (χ2v) is 8.20. The quantitative estimate of drug-likeness (QED) is 0.617. The number of aromatic nitrogens is 2. The first kappa shape index (κ1) is 19.5. The van der Waals surface area contributed by atoms with Crippen LogP contribution in [0.25, 0.3) is 10.6 Å². The summed E-state index contributed by atoms with van der Waals surface area (Å²) in [4.78, 5) is 24.4. The molecule has 0 aliphatic carbocycles. The van der Waals surface area contributed by atoms with Gasteiger partial charge >= 0.3 is 0 Å². The van der Waals surface area contributed by atoms with E-state index in [9.17, 15) is 9.18 Å². The third-order valence-electron chi connectivity index (χ3n) is 5.00. The zero-order chi connectivity index (χ0) is 20.2. The number of ether oxygens (including phenoxy) is 1. The average molecular weight is 412 g/mol. The van der Waals surface area contributed by atoms with Crippen LogP contribution < -0.4 is 4.74 Å². The molecule has 1 amide bonds. The third kappa shape index (κ3) is 4.62. The SMILES string of the molecule is Cc1nc(-c2cccnc2)sc1C(=O)N1CCC[C@H](COc2ccc(F)cc2)C1. The average Bonchev–Trinajstić information content (AvgIpc) is 3.15. The molecule has 2 aromatic heterocycles. The van der Waals surface area contributed by atoms with Gasteiger partial charge in [0.15, 0.2) is 0 Å². The largest absolute Gasteiger partial charge is 0.493 e. The highest BCUT2D eigenvalue weighted by molar-refractivity contribution is 7.17. The lowest BCUT2D eigenvalue weighted by molar-refractivity contribution is 0.0637. The van der Waals surface area contributed by atoms with Gasteiger partial charge in [0.25, 0.3) is 5.91 Å². The molecular weight excluding hydrogens is 389 g/mol. The number of piperidine rings is 1. The minimum absolute atomic E-state index is 0.0293. The molecule has 3 heterocycles. The minimum atomic E-state index is -0.280. The Bertz CT molecular complexity index is 975. The smallest absolute Gasteiger partial charge is 0.265 e. The van der Waals surface area contributed by atoms with Gasteiger partial charge in [0, 0.05) is 37.0 Å². The predicted molar refractivity (Wildman–Crippen MR) is 111 cm³/mol. The Balaban J connectivity index is 1.41. The topological polar surface area (TPSA) is 55.3 Å². The third-order valence-corrected chi connectivity index (χ3v) is 6.20. The highest BCUT2D eigenvalue weighted by Crippen LogP contribution is 2.29. The molecular formula is C22H22FN3O2S. The Morgan fingerprint density at radius 2 is 2.14 bits per heavy atom. The van der Waals surface area contributed by atoms with E-state index in [4.69, 9.17) is 4.74 Å². The molecule has 1 saturated heterocycles. The molecule has 1 aliphatic rings. The van der Waals surface area contributed by atoms with Crippen LogP contribution in [0.15, 0.2) is 48.8 Å². The van der Waals surface area contributed by atoms with Crippen molar-refractivity contribution in [2.24, 2.45) is 5.92 Å². The summed E-state index contributed by atoms with van der Waals surface area (Å²) in [5, 5.41) is 0.812. The Kier molecular flexibility index (Phi) is 5.85. The maximum Gasteiger partial charge on any atom is 0.265 e. The number of benzene rings is 1. The summed E-state index contributed by atoms with van der Waals surface area (Å²) >= 11 is 1.42. The summed E-state index contributed by atoms with van der Waals surface area (Å²) in [5.74, 6) is 0.650. The van der Waals surface area contributed by atoms with Crippen molar-refractivity contribution in [3.63, 3.8) is 0 Å². The molecule has 5 nitrogen and oxygen atoms in total. The maximum absolute atomic E-state index is 13.1. The van der Waals surface area contributed by atoms with Crippen LogP contribution in [-0.2, 0) is 0 Å². The standard InChI is InChI=1S/C22H22FN3O2S/c1-15-20(29-21(25-15)17-5-2-10-24-12-17)22(27)26-11-3-4-16(13-26)14-28-19-8-6-18(23)7-9-19/h2,5-10,12,16H,3-4,11,13-14H2,1H3/t16-/m0/s1. The van der Waals surface area contributed by atoms with Crippen molar-refractivity contribution in [3.05, 3.63) is 65.2 Å². The number of carbonyl (C=O) groups excluding carboxylic acids is 1. The summed E-state index contributed by atoms with van der Waals surface area (Å²) < 4.78 is 18.8. The highest BCUT2D eigenvalue weighted by atomic mass is 32.1. The van der Waals surface area contributed by atoms with Gasteiger partial charge in [-0.25, -0.2) is 9.37 Å². The first-order valence-electron chi connectivity index (χ1n) is 9.65. The van der Waals surface area contributed by atoms with Crippen molar-refractivity contribution in [2.45, 2.75) is 19.8 Å². The number of nitrogens with zero attached hydrogens (tertiary/aromatic N) is 3. The molecule has 0 saturated carbocycles. The minimum Gasteiger partial charge on any atom is -0.493 e. The fourth-order valence-electron chi connectivity index (χ4n) is 3.48. The molecule has 1 aromatic carbocycles. The second-order valence-electron chi connectivity index (χ2n) is 7.20. The zero-order valence-electron chi connectivity index (χ0n) is 16.2. The van der Waals surface area contributed by atoms with Crippen LogP contribution in [0.5, 0.6) is 5.75 Å². The Morgan fingerprint density at radius 1 is 1.31 bits per heavy atom. The number of hydrogen-bond acceptors (Lipinski definition) is 5. The maximum atomic E-state index is 13.1. The number of thiazole rings is 1. The molecule has 7 heteroatoms. The molecule has 4 rings (SSSR count). The number of halogens is 1. The van der Waals surface area contributed by atoms with E-state index in [1.54, 1.807) is 24.5 Å². The number of pyridine rings is 1. The zero-order valence-corrected chi connectivity index (χ0v) is 17.0. The molecule has 0 spiro atoms. The monoisotopic (exact) mass is 411 g/mol. The van der Waals surface area contributed by atoms with Crippen LogP contribution in [0.1, 0.15) is 28.2 Å². The fourth-order valence-corrected chi connectivity index (χ4v) is 4.51. The van der Waals surface area contributed by atoms with Crippen molar-refractivity contribution in [1.29, 1.82) is 0 Å². The van der Waals surface area contributed by atoms with Crippen molar-refractivity contribution in [2.75, 3.05) is 19.7 Å². The van der Waals surface area contributed by atoms with E-state index in [1.165, 1.54) is 23.5 Å². The second kappa shape index (κ2) is 8.69. The Morgan fingerprint density at radius 3 is 2.90 bits per heavy atom. The number of likely N-dealkylation sites (tertiary alicyclic amines) is 1. The van der Waals surface area contributed by atoms with Gasteiger partial charge in [-0.05, 0) is 56.2 Å². The summed E-state index contributed by atoms with van der Waals surface area (Å²) in [6, 6.07) is 9.84. The molecule has 3 aromatic rings. The molecule has 0 N–H and O–H groups in total. The number of rotatable bonds is 5. The van der Waals surface area contributed by atoms with Crippen LogP contribution in [0.4, 0.5) is 4.39 Å². The molecule has 29 heavy (non-hydrogen) atoms. The van der Waals surface area contributed by atoms with Crippen LogP contribution in [0.3, 0.4) is 0 Å². The first-order chi connectivity index (χ1) is 14.1. The van der Waals surface area contributed by atoms with Gasteiger partial charge < -0.3 is 9.64 Å². The van der Waals surface area contributed by atoms with Crippen molar-refractivity contribution in [3.8, 4) is 16.3 Å². The van der Waals surface area contributed by atoms with E-state index in [2.05, 4.69) is 9.97 Å². The van der Waals surface area contributed by atoms with Gasteiger partial charge in [-0.2, -0.15) is 0 Å². The summed E-state index contributed by atoms with van der Waals surface area (Å²) in [5.41, 5.74) is 1.67. The van der Waals surface area contributed by atoms with Gasteiger partial charge in [0.1, 0.15) is 21.5 Å². The summed E-state index contributed by atoms with van der Waals surface area (Å²) in [6.45, 7) is 3.78. The van der Waals surface area contributed by atoms with Crippen LogP contribution in [0, 0.1) is 18.7 Å². The van der Waals surface area contributed by atoms with E-state index in [0.29, 0.717) is 23.8 Å². The number of aryl methyl sites for hydroxylation is 1. The Hall–Kier alpha value is -2.80. The summed E-state index contributed by atoms with van der Waals surface area (Å²) in [7, 11) is 0. The van der Waals surface area contributed by atoms with Crippen LogP contribution >= 0.6 is 11.3 Å². The van der Waals surface area contributed by atoms with Crippen molar-refractivity contribution < 1.29 is 13.9 Å². The molecule has 1 atom stereocenters. The van der Waals surface area contributed by atoms with Gasteiger partial charge in [0.05, 0.1) is 12.3 Å². The lowest BCUT2D eigenvalue weighted by atomic mass is 9.98.